The van der Waals surface area contributed by atoms with Gasteiger partial charge in [0.2, 0.25) is 6.10 Å². The summed E-state index contributed by atoms with van der Waals surface area (Å²) in [5, 5.41) is 4.20. The van der Waals surface area contributed by atoms with Crippen LogP contribution in [0.2, 0.25) is 0 Å². The molecule has 0 aliphatic carbocycles. The van der Waals surface area contributed by atoms with Gasteiger partial charge in [-0.15, -0.1) is 0 Å². The summed E-state index contributed by atoms with van der Waals surface area (Å²) in [5.41, 5.74) is 5.71. The predicted octanol–water partition coefficient (Wildman–Crippen LogP) is 1.80. The van der Waals surface area contributed by atoms with Gasteiger partial charge < -0.3 is 9.74 Å². The van der Waals surface area contributed by atoms with Gasteiger partial charge in [0.15, 0.2) is 0 Å². The van der Waals surface area contributed by atoms with Gasteiger partial charge in [0.05, 0.1) is 11.6 Å². The molecule has 0 radical (unpaired) electrons. The maximum atomic E-state index is 11.9. The quantitative estimate of drug-likeness (QED) is 0.771. The topological polar surface area (TPSA) is 41.9 Å². The molecule has 4 nitrogen and oxygen atoms in total. The number of fused-ring (bicyclic) bond motifs is 1. The van der Waals surface area contributed by atoms with Gasteiger partial charge in [0.1, 0.15) is 0 Å². The zero-order valence-electron chi connectivity index (χ0n) is 11.7. The van der Waals surface area contributed by atoms with Crippen LogP contribution in [-0.2, 0) is 9.63 Å². The third-order valence-electron chi connectivity index (χ3n) is 4.00. The van der Waals surface area contributed by atoms with Crippen molar-refractivity contribution in [2.75, 3.05) is 13.6 Å². The molecule has 2 atom stereocenters. The van der Waals surface area contributed by atoms with Crippen LogP contribution < -0.4 is 0 Å². The molecule has 100 valence electrons. The SMILES string of the molecule is Cc1cc(C)c(C2=NOC3C(=O)N(C)CC23)c(C)c1. The number of aryl methyl sites for hydroxylation is 3. The van der Waals surface area contributed by atoms with Crippen molar-refractivity contribution < 1.29 is 9.63 Å². The molecule has 0 bridgehead atoms. The number of rotatable bonds is 1. The number of carbonyl (C=O) groups excluding carboxylic acids is 1. The Morgan fingerprint density at radius 3 is 2.53 bits per heavy atom. The molecular formula is C15H18N2O2. The first-order chi connectivity index (χ1) is 8.99. The Morgan fingerprint density at radius 1 is 1.26 bits per heavy atom. The van der Waals surface area contributed by atoms with Gasteiger partial charge in [0.25, 0.3) is 5.91 Å². The summed E-state index contributed by atoms with van der Waals surface area (Å²) < 4.78 is 0. The first-order valence-electron chi connectivity index (χ1n) is 6.56. The van der Waals surface area contributed by atoms with Crippen molar-refractivity contribution in [3.8, 4) is 0 Å². The lowest BCUT2D eigenvalue weighted by atomic mass is 9.88. The molecule has 0 aromatic heterocycles. The van der Waals surface area contributed by atoms with Crippen LogP contribution in [-0.4, -0.2) is 36.2 Å². The second-order valence-corrected chi connectivity index (χ2v) is 5.60. The number of oxime groups is 1. The van der Waals surface area contributed by atoms with Crippen LogP contribution in [0.25, 0.3) is 0 Å². The van der Waals surface area contributed by atoms with Crippen LogP contribution in [0.5, 0.6) is 0 Å². The minimum Gasteiger partial charge on any atom is -0.381 e. The lowest BCUT2D eigenvalue weighted by Crippen LogP contribution is -2.26. The summed E-state index contributed by atoms with van der Waals surface area (Å²) >= 11 is 0. The first-order valence-corrected chi connectivity index (χ1v) is 6.56. The number of carbonyl (C=O) groups is 1. The molecule has 1 saturated heterocycles. The average Bonchev–Trinajstić information content (AvgIpc) is 2.81. The number of hydrogen-bond donors (Lipinski definition) is 0. The number of benzene rings is 1. The number of likely N-dealkylation sites (N-methyl/N-ethyl adjacent to an activating group) is 1. The summed E-state index contributed by atoms with van der Waals surface area (Å²) in [7, 11) is 1.82. The lowest BCUT2D eigenvalue weighted by molar-refractivity contribution is -0.135. The van der Waals surface area contributed by atoms with Gasteiger partial charge in [-0.1, -0.05) is 22.9 Å². The molecule has 1 fully saturated rings. The van der Waals surface area contributed by atoms with Gasteiger partial charge in [0, 0.05) is 19.2 Å². The van der Waals surface area contributed by atoms with Crippen molar-refractivity contribution in [1.82, 2.24) is 4.90 Å². The highest BCUT2D eigenvalue weighted by molar-refractivity contribution is 6.09. The molecule has 2 aliphatic heterocycles. The molecule has 1 amide bonds. The zero-order valence-corrected chi connectivity index (χ0v) is 11.7. The van der Waals surface area contributed by atoms with E-state index in [9.17, 15) is 4.79 Å². The highest BCUT2D eigenvalue weighted by atomic mass is 16.6. The van der Waals surface area contributed by atoms with Crippen molar-refractivity contribution in [2.45, 2.75) is 26.9 Å². The average molecular weight is 258 g/mol. The molecule has 0 N–H and O–H groups in total. The summed E-state index contributed by atoms with van der Waals surface area (Å²) in [6.07, 6.45) is -0.417. The van der Waals surface area contributed by atoms with E-state index in [0.29, 0.717) is 6.54 Å². The van der Waals surface area contributed by atoms with Crippen LogP contribution in [0, 0.1) is 26.7 Å². The van der Waals surface area contributed by atoms with E-state index < -0.39 is 6.10 Å². The lowest BCUT2D eigenvalue weighted by Gasteiger charge is -2.14. The van der Waals surface area contributed by atoms with Crippen molar-refractivity contribution in [3.63, 3.8) is 0 Å². The highest BCUT2D eigenvalue weighted by Gasteiger charge is 2.48. The van der Waals surface area contributed by atoms with Crippen molar-refractivity contribution >= 4 is 11.6 Å². The normalized spacial score (nSPS) is 25.4. The smallest absolute Gasteiger partial charge is 0.267 e. The molecule has 0 saturated carbocycles. The van der Waals surface area contributed by atoms with Crippen molar-refractivity contribution in [2.24, 2.45) is 11.1 Å². The van der Waals surface area contributed by atoms with Crippen LogP contribution in [0.3, 0.4) is 0 Å². The third kappa shape index (κ3) is 1.74. The fraction of sp³-hybridized carbons (Fsp3) is 0.467. The maximum Gasteiger partial charge on any atom is 0.267 e. The van der Waals surface area contributed by atoms with Gasteiger partial charge >= 0.3 is 0 Å². The number of hydrogen-bond acceptors (Lipinski definition) is 3. The minimum atomic E-state index is -0.417. The van der Waals surface area contributed by atoms with E-state index in [1.165, 1.54) is 16.7 Å². The first kappa shape index (κ1) is 12.2. The second kappa shape index (κ2) is 4.08. The third-order valence-corrected chi connectivity index (χ3v) is 4.00. The van der Waals surface area contributed by atoms with Gasteiger partial charge in [-0.25, -0.2) is 0 Å². The Morgan fingerprint density at radius 2 is 1.89 bits per heavy atom. The molecule has 3 rings (SSSR count). The molecular weight excluding hydrogens is 240 g/mol. The molecule has 1 aromatic rings. The van der Waals surface area contributed by atoms with E-state index in [4.69, 9.17) is 4.84 Å². The fourth-order valence-corrected chi connectivity index (χ4v) is 3.21. The summed E-state index contributed by atoms with van der Waals surface area (Å²) in [6.45, 7) is 6.96. The van der Waals surface area contributed by atoms with Gasteiger partial charge in [-0.2, -0.15) is 0 Å². The Balaban J connectivity index is 2.03. The van der Waals surface area contributed by atoms with Crippen molar-refractivity contribution in [3.05, 3.63) is 34.4 Å². The van der Waals surface area contributed by atoms with Crippen LogP contribution in [0.1, 0.15) is 22.3 Å². The largest absolute Gasteiger partial charge is 0.381 e. The molecule has 2 heterocycles. The van der Waals surface area contributed by atoms with E-state index in [1.54, 1.807) is 4.90 Å². The second-order valence-electron chi connectivity index (χ2n) is 5.60. The van der Waals surface area contributed by atoms with Crippen LogP contribution >= 0.6 is 0 Å². The standard InChI is InChI=1S/C15H18N2O2/c1-8-5-9(2)12(10(3)6-8)13-11-7-17(4)15(18)14(11)19-16-13/h5-6,11,14H,7H2,1-4H3. The molecule has 0 spiro atoms. The molecule has 4 heteroatoms. The summed E-state index contributed by atoms with van der Waals surface area (Å²) in [5.74, 6) is 0.101. The molecule has 2 unspecified atom stereocenters. The molecule has 2 aliphatic rings. The minimum absolute atomic E-state index is 0.0335. The molecule has 19 heavy (non-hydrogen) atoms. The Labute approximate surface area is 113 Å². The Bertz CT molecular complexity index is 569. The Hall–Kier alpha value is -1.84. The monoisotopic (exact) mass is 258 g/mol. The summed E-state index contributed by atoms with van der Waals surface area (Å²) in [6, 6.07) is 4.30. The number of nitrogens with zero attached hydrogens (tertiary/aromatic N) is 2. The summed E-state index contributed by atoms with van der Waals surface area (Å²) in [4.78, 5) is 19.0. The van der Waals surface area contributed by atoms with E-state index in [-0.39, 0.29) is 11.8 Å². The van der Waals surface area contributed by atoms with E-state index in [0.717, 1.165) is 11.3 Å². The predicted molar refractivity (Wildman–Crippen MR) is 73.2 cm³/mol. The number of amides is 1. The van der Waals surface area contributed by atoms with Crippen LogP contribution in [0.15, 0.2) is 17.3 Å². The highest BCUT2D eigenvalue weighted by Crippen LogP contribution is 2.32. The van der Waals surface area contributed by atoms with Gasteiger partial charge in [-0.3, -0.25) is 4.79 Å². The maximum absolute atomic E-state index is 11.9. The van der Waals surface area contributed by atoms with E-state index in [1.807, 2.05) is 7.05 Å². The molecule has 1 aromatic carbocycles. The Kier molecular flexibility index (Phi) is 2.62. The van der Waals surface area contributed by atoms with Gasteiger partial charge in [-0.05, 0) is 31.9 Å². The van der Waals surface area contributed by atoms with Crippen LogP contribution in [0.4, 0.5) is 0 Å². The zero-order chi connectivity index (χ0) is 13.7. The van der Waals surface area contributed by atoms with E-state index in [2.05, 4.69) is 38.1 Å². The fourth-order valence-electron chi connectivity index (χ4n) is 3.21. The van der Waals surface area contributed by atoms with E-state index >= 15 is 0 Å². The number of likely N-dealkylation sites (tertiary alicyclic amines) is 1. The van der Waals surface area contributed by atoms with Crippen molar-refractivity contribution in [1.29, 1.82) is 0 Å².